The molecule has 11 heavy (non-hydrogen) atoms. The van der Waals surface area contributed by atoms with Gasteiger partial charge in [-0.15, -0.1) is 0 Å². The molecule has 0 atom stereocenters. The van der Waals surface area contributed by atoms with Gasteiger partial charge in [0.2, 0.25) is 0 Å². The number of nitrogens with one attached hydrogen (secondary N) is 1. The first kappa shape index (κ1) is 7.86. The third kappa shape index (κ3) is 2.89. The lowest BCUT2D eigenvalue weighted by Gasteiger charge is -1.89. The first-order valence-electron chi connectivity index (χ1n) is 3.80. The summed E-state index contributed by atoms with van der Waals surface area (Å²) in [5.74, 6) is 0. The molecule has 1 nitrogen and oxygen atoms in total. The van der Waals surface area contributed by atoms with Crippen LogP contribution in [0.2, 0.25) is 0 Å². The molecule has 0 aromatic rings. The highest BCUT2D eigenvalue weighted by Gasteiger charge is 1.85. The zero-order valence-corrected chi connectivity index (χ0v) is 6.75. The Kier molecular flexibility index (Phi) is 3.26. The molecule has 0 bridgehead atoms. The van der Waals surface area contributed by atoms with Gasteiger partial charge in [0.1, 0.15) is 0 Å². The van der Waals surface area contributed by atoms with Crippen LogP contribution in [0.15, 0.2) is 48.2 Å². The molecule has 0 saturated carbocycles. The van der Waals surface area contributed by atoms with E-state index < -0.39 is 0 Å². The van der Waals surface area contributed by atoms with Gasteiger partial charge in [0.05, 0.1) is 0 Å². The maximum atomic E-state index is 2.96. The van der Waals surface area contributed by atoms with Crippen molar-refractivity contribution in [3.05, 3.63) is 48.2 Å². The van der Waals surface area contributed by atoms with E-state index in [1.807, 2.05) is 19.3 Å². The van der Waals surface area contributed by atoms with Gasteiger partial charge in [-0.2, -0.15) is 0 Å². The van der Waals surface area contributed by atoms with Gasteiger partial charge in [-0.05, 0) is 24.3 Å². The van der Waals surface area contributed by atoms with Crippen LogP contribution in [0.25, 0.3) is 0 Å². The molecule has 0 aromatic carbocycles. The number of rotatable bonds is 2. The molecule has 1 N–H and O–H groups in total. The predicted octanol–water partition coefficient (Wildman–Crippen LogP) is 2.16. The first-order valence-corrected chi connectivity index (χ1v) is 3.80. The molecule has 0 aromatic heterocycles. The fourth-order valence-corrected chi connectivity index (χ4v) is 0.887. The van der Waals surface area contributed by atoms with Crippen molar-refractivity contribution in [3.63, 3.8) is 0 Å². The van der Waals surface area contributed by atoms with Gasteiger partial charge >= 0.3 is 0 Å². The number of allylic oxidation sites excluding steroid dienone is 7. The van der Waals surface area contributed by atoms with Gasteiger partial charge in [0.25, 0.3) is 0 Å². The Morgan fingerprint density at radius 2 is 2.36 bits per heavy atom. The van der Waals surface area contributed by atoms with Crippen molar-refractivity contribution in [1.82, 2.24) is 5.32 Å². The van der Waals surface area contributed by atoms with Crippen LogP contribution in [-0.4, -0.2) is 7.05 Å². The predicted molar refractivity (Wildman–Crippen MR) is 49.2 cm³/mol. The Labute approximate surface area is 67.8 Å². The van der Waals surface area contributed by atoms with E-state index in [1.165, 1.54) is 5.57 Å². The van der Waals surface area contributed by atoms with Crippen molar-refractivity contribution >= 4 is 0 Å². The fraction of sp³-hybridized carbons (Fsp3) is 0.200. The highest BCUT2D eigenvalue weighted by molar-refractivity contribution is 5.35. The smallest absolute Gasteiger partial charge is 0.00277 e. The Morgan fingerprint density at radius 1 is 1.45 bits per heavy atom. The second-order valence-corrected chi connectivity index (χ2v) is 2.35. The van der Waals surface area contributed by atoms with Crippen molar-refractivity contribution in [1.29, 1.82) is 0 Å². The van der Waals surface area contributed by atoms with Gasteiger partial charge in [0.15, 0.2) is 0 Å². The molecule has 0 unspecified atom stereocenters. The maximum Gasteiger partial charge on any atom is 0.00277 e. The van der Waals surface area contributed by atoms with Gasteiger partial charge in [-0.25, -0.2) is 0 Å². The van der Waals surface area contributed by atoms with Crippen molar-refractivity contribution < 1.29 is 0 Å². The summed E-state index contributed by atoms with van der Waals surface area (Å²) in [6.45, 7) is 0. The molecule has 0 radical (unpaired) electrons. The summed E-state index contributed by atoms with van der Waals surface area (Å²) in [6.07, 6.45) is 15.6. The van der Waals surface area contributed by atoms with Crippen molar-refractivity contribution in [3.8, 4) is 0 Å². The van der Waals surface area contributed by atoms with Gasteiger partial charge in [-0.3, -0.25) is 0 Å². The van der Waals surface area contributed by atoms with E-state index in [1.54, 1.807) is 0 Å². The van der Waals surface area contributed by atoms with Gasteiger partial charge in [-0.1, -0.05) is 30.4 Å². The average molecular weight is 147 g/mol. The monoisotopic (exact) mass is 147 g/mol. The second-order valence-electron chi connectivity index (χ2n) is 2.35. The molecular weight excluding hydrogens is 134 g/mol. The summed E-state index contributed by atoms with van der Waals surface area (Å²) >= 11 is 0. The van der Waals surface area contributed by atoms with E-state index in [9.17, 15) is 0 Å². The third-order valence-electron chi connectivity index (χ3n) is 1.45. The second kappa shape index (κ2) is 4.56. The van der Waals surface area contributed by atoms with Crippen molar-refractivity contribution in [2.45, 2.75) is 6.42 Å². The summed E-state index contributed by atoms with van der Waals surface area (Å²) < 4.78 is 0. The lowest BCUT2D eigenvalue weighted by molar-refractivity contribution is 1.10. The zero-order chi connectivity index (χ0) is 7.94. The van der Waals surface area contributed by atoms with Crippen LogP contribution in [0.1, 0.15) is 6.42 Å². The lowest BCUT2D eigenvalue weighted by Crippen LogP contribution is -1.90. The number of hydrogen-bond acceptors (Lipinski definition) is 1. The highest BCUT2D eigenvalue weighted by Crippen LogP contribution is 2.04. The SMILES string of the molecule is CN/C=C/C1=CC=CCC=C1. The molecule has 0 amide bonds. The van der Waals surface area contributed by atoms with E-state index in [-0.39, 0.29) is 0 Å². The van der Waals surface area contributed by atoms with E-state index in [4.69, 9.17) is 0 Å². The molecule has 58 valence electrons. The topological polar surface area (TPSA) is 12.0 Å². The Balaban J connectivity index is 2.62. The van der Waals surface area contributed by atoms with Crippen LogP contribution in [0.3, 0.4) is 0 Å². The van der Waals surface area contributed by atoms with Crippen molar-refractivity contribution in [2.75, 3.05) is 7.05 Å². The third-order valence-corrected chi connectivity index (χ3v) is 1.45. The molecule has 1 heteroatoms. The van der Waals surface area contributed by atoms with Crippen LogP contribution in [-0.2, 0) is 0 Å². The van der Waals surface area contributed by atoms with Gasteiger partial charge < -0.3 is 5.32 Å². The minimum atomic E-state index is 1.04. The average Bonchev–Trinajstić information content (AvgIpc) is 2.28. The number of hydrogen-bond donors (Lipinski definition) is 1. The lowest BCUT2D eigenvalue weighted by atomic mass is 10.2. The molecule has 0 fully saturated rings. The summed E-state index contributed by atoms with van der Waals surface area (Å²) in [5.41, 5.74) is 1.23. The van der Waals surface area contributed by atoms with E-state index >= 15 is 0 Å². The Bertz CT molecular complexity index is 219. The summed E-state index contributed by atoms with van der Waals surface area (Å²) in [5, 5.41) is 2.96. The first-order chi connectivity index (χ1) is 5.43. The van der Waals surface area contributed by atoms with Crippen LogP contribution < -0.4 is 5.32 Å². The Morgan fingerprint density at radius 3 is 3.18 bits per heavy atom. The standard InChI is InChI=1S/C10H13N/c1-11-9-8-10-6-4-2-3-5-7-10/h2,4-9,11H,3H2,1H3/b9-8+. The normalized spacial score (nSPS) is 16.6. The van der Waals surface area contributed by atoms with E-state index in [0.29, 0.717) is 0 Å². The summed E-state index contributed by atoms with van der Waals surface area (Å²) in [4.78, 5) is 0. The molecule has 0 aliphatic heterocycles. The fourth-order valence-electron chi connectivity index (χ4n) is 0.887. The van der Waals surface area contributed by atoms with Crippen LogP contribution in [0.4, 0.5) is 0 Å². The van der Waals surface area contributed by atoms with Gasteiger partial charge in [0, 0.05) is 7.05 Å². The maximum absolute atomic E-state index is 2.96. The van der Waals surface area contributed by atoms with E-state index in [2.05, 4.69) is 35.7 Å². The molecule has 1 aliphatic carbocycles. The van der Waals surface area contributed by atoms with Crippen LogP contribution in [0, 0.1) is 0 Å². The molecular formula is C10H13N. The zero-order valence-electron chi connectivity index (χ0n) is 6.75. The van der Waals surface area contributed by atoms with Crippen molar-refractivity contribution in [2.24, 2.45) is 0 Å². The molecule has 1 aliphatic rings. The highest BCUT2D eigenvalue weighted by atomic mass is 14.8. The summed E-state index contributed by atoms with van der Waals surface area (Å²) in [6, 6.07) is 0. The van der Waals surface area contributed by atoms with E-state index in [0.717, 1.165) is 6.42 Å². The van der Waals surface area contributed by atoms with Crippen LogP contribution >= 0.6 is 0 Å². The largest absolute Gasteiger partial charge is 0.394 e. The molecule has 0 spiro atoms. The minimum absolute atomic E-state index is 1.04. The minimum Gasteiger partial charge on any atom is -0.394 e. The molecule has 1 rings (SSSR count). The van der Waals surface area contributed by atoms with Crippen LogP contribution in [0.5, 0.6) is 0 Å². The summed E-state index contributed by atoms with van der Waals surface area (Å²) in [7, 11) is 1.90. The Hall–Kier alpha value is -1.24. The molecule has 0 heterocycles. The molecule has 0 saturated heterocycles. The quantitative estimate of drug-likeness (QED) is 0.631.